The van der Waals surface area contributed by atoms with Gasteiger partial charge >= 0.3 is 6.18 Å². The number of aliphatic hydroxyl groups is 1. The quantitative estimate of drug-likeness (QED) is 0.746. The van der Waals surface area contributed by atoms with Crippen LogP contribution in [0.3, 0.4) is 0 Å². The van der Waals surface area contributed by atoms with Gasteiger partial charge in [0.1, 0.15) is 0 Å². The number of amides is 1. The highest BCUT2D eigenvalue weighted by Gasteiger charge is 2.30. The number of rotatable bonds is 2. The fourth-order valence-corrected chi connectivity index (χ4v) is 1.87. The van der Waals surface area contributed by atoms with Gasteiger partial charge in [0.2, 0.25) is 0 Å². The van der Waals surface area contributed by atoms with Crippen molar-refractivity contribution in [3.63, 3.8) is 0 Å². The number of halogens is 3. The Kier molecular flexibility index (Phi) is 3.77. The van der Waals surface area contributed by atoms with Crippen LogP contribution in [0.15, 0.2) is 24.3 Å². The summed E-state index contributed by atoms with van der Waals surface area (Å²) < 4.78 is 37.1. The summed E-state index contributed by atoms with van der Waals surface area (Å²) in [6.45, 7) is 0.825. The van der Waals surface area contributed by atoms with Gasteiger partial charge in [0.05, 0.1) is 17.7 Å². The zero-order valence-electron chi connectivity index (χ0n) is 9.87. The lowest BCUT2D eigenvalue weighted by atomic mass is 10.1. The molecule has 0 saturated carbocycles. The summed E-state index contributed by atoms with van der Waals surface area (Å²) in [5, 5.41) is 15.0. The summed E-state index contributed by atoms with van der Waals surface area (Å²) in [6.07, 6.45) is -5.10. The molecule has 19 heavy (non-hydrogen) atoms. The Morgan fingerprint density at radius 1 is 1.26 bits per heavy atom. The van der Waals surface area contributed by atoms with E-state index in [1.165, 1.54) is 0 Å². The molecule has 1 amide bonds. The molecule has 1 saturated heterocycles. The molecule has 1 aromatic rings. The van der Waals surface area contributed by atoms with Gasteiger partial charge in [-0.2, -0.15) is 13.2 Å². The van der Waals surface area contributed by atoms with Gasteiger partial charge in [-0.1, -0.05) is 0 Å². The van der Waals surface area contributed by atoms with E-state index >= 15 is 0 Å². The van der Waals surface area contributed by atoms with Crippen LogP contribution in [-0.2, 0) is 6.18 Å². The molecule has 3 N–H and O–H groups in total. The summed E-state index contributed by atoms with van der Waals surface area (Å²) in [6, 6.07) is 3.53. The van der Waals surface area contributed by atoms with Gasteiger partial charge in [0.15, 0.2) is 0 Å². The number of nitrogens with one attached hydrogen (secondary N) is 2. The van der Waals surface area contributed by atoms with E-state index in [0.29, 0.717) is 13.1 Å². The Bertz CT molecular complexity index is 459. The first-order chi connectivity index (χ1) is 8.88. The van der Waals surface area contributed by atoms with Crippen molar-refractivity contribution in [1.29, 1.82) is 0 Å². The Labute approximate surface area is 107 Å². The lowest BCUT2D eigenvalue weighted by Crippen LogP contribution is -2.42. The number of alkyl halides is 3. The smallest absolute Gasteiger partial charge is 0.390 e. The van der Waals surface area contributed by atoms with Crippen molar-refractivity contribution in [2.75, 3.05) is 13.1 Å². The third kappa shape index (κ3) is 3.24. The summed E-state index contributed by atoms with van der Waals surface area (Å²) in [4.78, 5) is 11.8. The zero-order chi connectivity index (χ0) is 14.0. The van der Waals surface area contributed by atoms with E-state index in [-0.39, 0.29) is 5.56 Å². The van der Waals surface area contributed by atoms with Crippen LogP contribution in [0.25, 0.3) is 0 Å². The molecular formula is C12H13F3N2O2. The molecule has 0 aromatic heterocycles. The third-order valence-electron chi connectivity index (χ3n) is 2.97. The average molecular weight is 274 g/mol. The fraction of sp³-hybridized carbons (Fsp3) is 0.417. The van der Waals surface area contributed by atoms with Crippen molar-refractivity contribution in [2.24, 2.45) is 0 Å². The minimum atomic E-state index is -4.42. The molecule has 1 aliphatic rings. The Morgan fingerprint density at radius 3 is 2.37 bits per heavy atom. The maximum Gasteiger partial charge on any atom is 0.416 e. The standard InChI is InChI=1S/C12H13F3N2O2/c13-12(14,15)8-3-1-7(2-4-8)11(19)17-9-5-16-6-10(9)18/h1-4,9-10,16,18H,5-6H2,(H,17,19)/t9-,10-/m1/s1. The second-order valence-electron chi connectivity index (χ2n) is 4.38. The topological polar surface area (TPSA) is 61.4 Å². The van der Waals surface area contributed by atoms with E-state index in [1.54, 1.807) is 0 Å². The van der Waals surface area contributed by atoms with Gasteiger partial charge < -0.3 is 15.7 Å². The van der Waals surface area contributed by atoms with Gasteiger partial charge in [-0.25, -0.2) is 0 Å². The highest BCUT2D eigenvalue weighted by molar-refractivity contribution is 5.94. The van der Waals surface area contributed by atoms with Gasteiger partial charge in [0, 0.05) is 18.7 Å². The predicted molar refractivity (Wildman–Crippen MR) is 61.6 cm³/mol. The number of aliphatic hydroxyl groups excluding tert-OH is 1. The maximum absolute atomic E-state index is 12.4. The number of β-amino-alcohol motifs (C(OH)–C–C–N with tert-alkyl or cyclic N) is 1. The Balaban J connectivity index is 2.03. The molecule has 1 aromatic carbocycles. The number of benzene rings is 1. The van der Waals surface area contributed by atoms with Crippen molar-refractivity contribution in [3.05, 3.63) is 35.4 Å². The van der Waals surface area contributed by atoms with E-state index in [1.807, 2.05) is 0 Å². The van der Waals surface area contributed by atoms with Crippen LogP contribution in [-0.4, -0.2) is 36.2 Å². The monoisotopic (exact) mass is 274 g/mol. The molecule has 0 radical (unpaired) electrons. The second kappa shape index (κ2) is 5.18. The first kappa shape index (κ1) is 13.8. The van der Waals surface area contributed by atoms with Crippen molar-refractivity contribution < 1.29 is 23.1 Å². The number of hydrogen-bond donors (Lipinski definition) is 3. The fourth-order valence-electron chi connectivity index (χ4n) is 1.87. The van der Waals surface area contributed by atoms with Crippen LogP contribution < -0.4 is 10.6 Å². The van der Waals surface area contributed by atoms with Crippen molar-refractivity contribution in [1.82, 2.24) is 10.6 Å². The molecular weight excluding hydrogens is 261 g/mol. The average Bonchev–Trinajstić information content (AvgIpc) is 2.74. The lowest BCUT2D eigenvalue weighted by molar-refractivity contribution is -0.137. The molecule has 104 valence electrons. The van der Waals surface area contributed by atoms with Gasteiger partial charge in [-0.15, -0.1) is 0 Å². The summed E-state index contributed by atoms with van der Waals surface area (Å²) >= 11 is 0. The van der Waals surface area contributed by atoms with E-state index in [2.05, 4.69) is 10.6 Å². The predicted octanol–water partition coefficient (Wildman–Crippen LogP) is 0.768. The second-order valence-corrected chi connectivity index (χ2v) is 4.38. The van der Waals surface area contributed by atoms with E-state index in [0.717, 1.165) is 24.3 Å². The van der Waals surface area contributed by atoms with Crippen LogP contribution in [0.4, 0.5) is 13.2 Å². The molecule has 0 aliphatic carbocycles. The van der Waals surface area contributed by atoms with Gasteiger partial charge in [-0.3, -0.25) is 4.79 Å². The Morgan fingerprint density at radius 2 is 1.89 bits per heavy atom. The largest absolute Gasteiger partial charge is 0.416 e. The summed E-state index contributed by atoms with van der Waals surface area (Å²) in [7, 11) is 0. The van der Waals surface area contributed by atoms with Gasteiger partial charge in [0.25, 0.3) is 5.91 Å². The lowest BCUT2D eigenvalue weighted by Gasteiger charge is -2.15. The van der Waals surface area contributed by atoms with Crippen LogP contribution in [0.5, 0.6) is 0 Å². The van der Waals surface area contributed by atoms with Crippen LogP contribution in [0, 0.1) is 0 Å². The van der Waals surface area contributed by atoms with Gasteiger partial charge in [-0.05, 0) is 24.3 Å². The van der Waals surface area contributed by atoms with Crippen molar-refractivity contribution in [3.8, 4) is 0 Å². The SMILES string of the molecule is O=C(N[C@@H]1CNC[C@H]1O)c1ccc(C(F)(F)F)cc1. The van der Waals surface area contributed by atoms with Crippen LogP contribution in [0.2, 0.25) is 0 Å². The molecule has 1 heterocycles. The molecule has 0 bridgehead atoms. The molecule has 7 heteroatoms. The minimum Gasteiger partial charge on any atom is -0.390 e. The highest BCUT2D eigenvalue weighted by Crippen LogP contribution is 2.29. The molecule has 0 unspecified atom stereocenters. The normalized spacial score (nSPS) is 23.4. The first-order valence-electron chi connectivity index (χ1n) is 5.75. The molecule has 1 fully saturated rings. The molecule has 2 atom stereocenters. The van der Waals surface area contributed by atoms with Crippen LogP contribution in [0.1, 0.15) is 15.9 Å². The van der Waals surface area contributed by atoms with E-state index < -0.39 is 29.8 Å². The van der Waals surface area contributed by atoms with Crippen LogP contribution >= 0.6 is 0 Å². The van der Waals surface area contributed by atoms with E-state index in [9.17, 15) is 23.1 Å². The maximum atomic E-state index is 12.4. The molecule has 4 nitrogen and oxygen atoms in total. The number of carbonyl (C=O) groups is 1. The Hall–Kier alpha value is -1.60. The van der Waals surface area contributed by atoms with E-state index in [4.69, 9.17) is 0 Å². The highest BCUT2D eigenvalue weighted by atomic mass is 19.4. The first-order valence-corrected chi connectivity index (χ1v) is 5.75. The molecule has 0 spiro atoms. The summed E-state index contributed by atoms with van der Waals surface area (Å²) in [5.74, 6) is -0.499. The zero-order valence-corrected chi connectivity index (χ0v) is 9.87. The third-order valence-corrected chi connectivity index (χ3v) is 2.97. The minimum absolute atomic E-state index is 0.132. The molecule has 1 aliphatic heterocycles. The van der Waals surface area contributed by atoms with Crippen molar-refractivity contribution >= 4 is 5.91 Å². The summed E-state index contributed by atoms with van der Waals surface area (Å²) in [5.41, 5.74) is -0.668. The number of carbonyl (C=O) groups excluding carboxylic acids is 1. The molecule has 2 rings (SSSR count). The van der Waals surface area contributed by atoms with Crippen molar-refractivity contribution in [2.45, 2.75) is 18.3 Å². The number of hydrogen-bond acceptors (Lipinski definition) is 3.